The average molecular weight is 508 g/mol. The Labute approximate surface area is 214 Å². The summed E-state index contributed by atoms with van der Waals surface area (Å²) in [4.78, 5) is 11.1. The molecule has 1 unspecified atom stereocenters. The number of nitrogens with zero attached hydrogens (tertiary/aromatic N) is 4. The van der Waals surface area contributed by atoms with Crippen molar-refractivity contribution in [2.75, 3.05) is 13.1 Å². The highest BCUT2D eigenvalue weighted by Crippen LogP contribution is 2.33. The molecule has 3 aromatic heterocycles. The molecule has 0 radical (unpaired) electrons. The van der Waals surface area contributed by atoms with E-state index < -0.39 is 0 Å². The molecule has 0 amide bonds. The molecule has 4 aromatic rings. The number of hydrogen-bond acceptors (Lipinski definition) is 5. The van der Waals surface area contributed by atoms with Crippen LogP contribution in [0.1, 0.15) is 54.8 Å². The Morgan fingerprint density at radius 3 is 2.57 bits per heavy atom. The topological polar surface area (TPSA) is 66.9 Å². The molecule has 1 fully saturated rings. The SMILES string of the molecule is CC(Oc1ccc2[nH]nc(/C=C/c3ccc(CN4CCCCC4)nc3)c2c1)c1c(Cl)cncc1Cl. The molecule has 1 N–H and O–H groups in total. The number of halogens is 2. The summed E-state index contributed by atoms with van der Waals surface area (Å²) < 4.78 is 6.16. The van der Waals surface area contributed by atoms with E-state index in [1.807, 2.05) is 43.5 Å². The number of hydrogen-bond donors (Lipinski definition) is 1. The van der Waals surface area contributed by atoms with Gasteiger partial charge in [0.25, 0.3) is 0 Å². The van der Waals surface area contributed by atoms with Crippen molar-refractivity contribution in [3.05, 3.63) is 81.5 Å². The van der Waals surface area contributed by atoms with E-state index in [1.165, 1.54) is 32.4 Å². The number of aromatic amines is 1. The number of benzene rings is 1. The molecule has 0 saturated carbocycles. The monoisotopic (exact) mass is 507 g/mol. The van der Waals surface area contributed by atoms with Gasteiger partial charge >= 0.3 is 0 Å². The predicted octanol–water partition coefficient (Wildman–Crippen LogP) is 6.96. The van der Waals surface area contributed by atoms with Crippen LogP contribution in [-0.4, -0.2) is 38.2 Å². The van der Waals surface area contributed by atoms with Crippen LogP contribution < -0.4 is 4.74 Å². The minimum Gasteiger partial charge on any atom is -0.486 e. The number of ether oxygens (including phenoxy) is 1. The zero-order valence-corrected chi connectivity index (χ0v) is 21.1. The first-order valence-corrected chi connectivity index (χ1v) is 12.6. The zero-order valence-electron chi connectivity index (χ0n) is 19.5. The van der Waals surface area contributed by atoms with Crippen LogP contribution in [0.15, 0.2) is 48.9 Å². The molecule has 6 nitrogen and oxygen atoms in total. The standard InChI is InChI=1S/C27H27Cl2N5O/c1-18(27-23(28)15-30-16-24(27)29)35-21-8-10-26-22(13-21)25(32-33-26)9-6-19-5-7-20(31-14-19)17-34-11-3-2-4-12-34/h5-10,13-16,18H,2-4,11-12,17H2,1H3,(H,32,33)/b9-6+. The lowest BCUT2D eigenvalue weighted by Crippen LogP contribution is -2.29. The summed E-state index contributed by atoms with van der Waals surface area (Å²) in [5, 5.41) is 9.47. The van der Waals surface area contributed by atoms with Crippen LogP contribution in [0, 0.1) is 0 Å². The van der Waals surface area contributed by atoms with E-state index in [1.54, 1.807) is 12.4 Å². The molecule has 8 heteroatoms. The minimum atomic E-state index is -0.337. The fourth-order valence-electron chi connectivity index (χ4n) is 4.44. The van der Waals surface area contributed by atoms with Gasteiger partial charge in [0.2, 0.25) is 0 Å². The molecule has 1 aliphatic heterocycles. The normalized spacial score (nSPS) is 15.6. The van der Waals surface area contributed by atoms with Crippen LogP contribution in [0.25, 0.3) is 23.1 Å². The van der Waals surface area contributed by atoms with E-state index in [-0.39, 0.29) is 6.10 Å². The van der Waals surface area contributed by atoms with Crippen molar-refractivity contribution < 1.29 is 4.74 Å². The summed E-state index contributed by atoms with van der Waals surface area (Å²) >= 11 is 12.6. The van der Waals surface area contributed by atoms with Crippen LogP contribution in [0.2, 0.25) is 10.0 Å². The van der Waals surface area contributed by atoms with Gasteiger partial charge in [0.05, 0.1) is 26.9 Å². The van der Waals surface area contributed by atoms with Gasteiger partial charge < -0.3 is 4.74 Å². The molecule has 1 saturated heterocycles. The van der Waals surface area contributed by atoms with Gasteiger partial charge in [-0.25, -0.2) is 0 Å². The lowest BCUT2D eigenvalue weighted by molar-refractivity contribution is 0.218. The van der Waals surface area contributed by atoms with Crippen molar-refractivity contribution in [3.63, 3.8) is 0 Å². The summed E-state index contributed by atoms with van der Waals surface area (Å²) in [5.74, 6) is 0.703. The van der Waals surface area contributed by atoms with Crippen molar-refractivity contribution in [1.29, 1.82) is 0 Å². The highest BCUT2D eigenvalue weighted by atomic mass is 35.5. The van der Waals surface area contributed by atoms with Crippen molar-refractivity contribution in [1.82, 2.24) is 25.1 Å². The largest absolute Gasteiger partial charge is 0.486 e. The number of likely N-dealkylation sites (tertiary alicyclic amines) is 1. The molecule has 1 atom stereocenters. The first-order chi connectivity index (χ1) is 17.1. The number of pyridine rings is 2. The van der Waals surface area contributed by atoms with Gasteiger partial charge in [0.1, 0.15) is 11.9 Å². The number of H-pyrrole nitrogens is 1. The maximum Gasteiger partial charge on any atom is 0.124 e. The van der Waals surface area contributed by atoms with Gasteiger partial charge in [-0.3, -0.25) is 20.0 Å². The van der Waals surface area contributed by atoms with Crippen LogP contribution >= 0.6 is 23.2 Å². The first kappa shape index (κ1) is 23.8. The number of aromatic nitrogens is 4. The van der Waals surface area contributed by atoms with Crippen LogP contribution in [0.3, 0.4) is 0 Å². The van der Waals surface area contributed by atoms with E-state index in [2.05, 4.69) is 37.2 Å². The lowest BCUT2D eigenvalue weighted by atomic mass is 10.1. The number of piperidine rings is 1. The molecular formula is C27H27Cl2N5O. The Kier molecular flexibility index (Phi) is 7.32. The van der Waals surface area contributed by atoms with Gasteiger partial charge in [-0.15, -0.1) is 0 Å². The summed E-state index contributed by atoms with van der Waals surface area (Å²) in [6.45, 7) is 5.17. The molecular weight excluding hydrogens is 481 g/mol. The van der Waals surface area contributed by atoms with Gasteiger partial charge in [0, 0.05) is 36.1 Å². The van der Waals surface area contributed by atoms with Crippen molar-refractivity contribution in [3.8, 4) is 5.75 Å². The lowest BCUT2D eigenvalue weighted by Gasteiger charge is -2.25. The summed E-state index contributed by atoms with van der Waals surface area (Å²) in [6.07, 6.45) is 12.7. The Morgan fingerprint density at radius 1 is 1.03 bits per heavy atom. The van der Waals surface area contributed by atoms with E-state index in [0.717, 1.165) is 34.4 Å². The predicted molar refractivity (Wildman–Crippen MR) is 142 cm³/mol. The van der Waals surface area contributed by atoms with Crippen molar-refractivity contribution >= 4 is 46.3 Å². The van der Waals surface area contributed by atoms with E-state index in [0.29, 0.717) is 21.4 Å². The molecule has 35 heavy (non-hydrogen) atoms. The van der Waals surface area contributed by atoms with Crippen molar-refractivity contribution in [2.24, 2.45) is 0 Å². The molecule has 1 aliphatic rings. The molecule has 0 bridgehead atoms. The summed E-state index contributed by atoms with van der Waals surface area (Å²) in [7, 11) is 0. The number of nitrogens with one attached hydrogen (secondary N) is 1. The van der Waals surface area contributed by atoms with Gasteiger partial charge in [-0.1, -0.05) is 41.8 Å². The Bertz CT molecular complexity index is 1310. The third kappa shape index (κ3) is 5.67. The fourth-order valence-corrected chi connectivity index (χ4v) is 5.11. The third-order valence-corrected chi connectivity index (χ3v) is 6.89. The minimum absolute atomic E-state index is 0.337. The first-order valence-electron chi connectivity index (χ1n) is 11.9. The number of rotatable bonds is 7. The molecule has 4 heterocycles. The van der Waals surface area contributed by atoms with Crippen LogP contribution in [0.4, 0.5) is 0 Å². The van der Waals surface area contributed by atoms with Crippen molar-refractivity contribution in [2.45, 2.75) is 38.8 Å². The molecule has 0 aliphatic carbocycles. The third-order valence-electron chi connectivity index (χ3n) is 6.29. The second-order valence-corrected chi connectivity index (χ2v) is 9.66. The Morgan fingerprint density at radius 2 is 1.83 bits per heavy atom. The second-order valence-electron chi connectivity index (χ2n) is 8.85. The molecule has 5 rings (SSSR count). The highest BCUT2D eigenvalue weighted by molar-refractivity contribution is 6.35. The highest BCUT2D eigenvalue weighted by Gasteiger charge is 2.17. The molecule has 180 valence electrons. The zero-order chi connectivity index (χ0) is 24.2. The van der Waals surface area contributed by atoms with E-state index in [4.69, 9.17) is 27.9 Å². The number of fused-ring (bicyclic) bond motifs is 1. The smallest absolute Gasteiger partial charge is 0.124 e. The Balaban J connectivity index is 1.29. The van der Waals surface area contributed by atoms with Gasteiger partial charge in [-0.2, -0.15) is 5.10 Å². The summed E-state index contributed by atoms with van der Waals surface area (Å²) in [6, 6.07) is 10.0. The maximum absolute atomic E-state index is 6.29. The second kappa shape index (κ2) is 10.8. The fraction of sp³-hybridized carbons (Fsp3) is 0.296. The quantitative estimate of drug-likeness (QED) is 0.293. The summed E-state index contributed by atoms with van der Waals surface area (Å²) in [5.41, 5.74) is 4.62. The maximum atomic E-state index is 6.29. The van der Waals surface area contributed by atoms with Crippen LogP contribution in [0.5, 0.6) is 5.75 Å². The van der Waals surface area contributed by atoms with Crippen LogP contribution in [-0.2, 0) is 6.54 Å². The average Bonchev–Trinajstić information content (AvgIpc) is 3.26. The van der Waals surface area contributed by atoms with E-state index in [9.17, 15) is 0 Å². The molecule has 0 spiro atoms. The van der Waals surface area contributed by atoms with Gasteiger partial charge in [-0.05, 0) is 68.8 Å². The Hall–Kier alpha value is -2.93. The molecule has 1 aromatic carbocycles. The van der Waals surface area contributed by atoms with Gasteiger partial charge in [0.15, 0.2) is 0 Å². The van der Waals surface area contributed by atoms with E-state index >= 15 is 0 Å².